The molecule has 0 bridgehead atoms. The number of benzene rings is 1. The van der Waals surface area contributed by atoms with Crippen molar-refractivity contribution in [3.05, 3.63) is 36.5 Å². The third-order valence-corrected chi connectivity index (χ3v) is 6.69. The van der Waals surface area contributed by atoms with E-state index in [4.69, 9.17) is 4.74 Å². The molecule has 0 unspecified atom stereocenters. The average Bonchev–Trinajstić information content (AvgIpc) is 3.30. The molecule has 5 rings (SSSR count). The first kappa shape index (κ1) is 20.8. The van der Waals surface area contributed by atoms with Gasteiger partial charge in [-0.25, -0.2) is 9.78 Å². The molecule has 1 aromatic carbocycles. The zero-order valence-electron chi connectivity index (χ0n) is 18.1. The molecule has 1 aliphatic carbocycles. The fourth-order valence-electron chi connectivity index (χ4n) is 4.92. The molecule has 1 aliphatic heterocycles. The maximum absolute atomic E-state index is 12.7. The molecule has 2 aromatic heterocycles. The second-order valence-electron chi connectivity index (χ2n) is 8.82. The number of phenols is 1. The zero-order chi connectivity index (χ0) is 21.9. The number of pyridine rings is 1. The highest BCUT2D eigenvalue weighted by Crippen LogP contribution is 2.30. The van der Waals surface area contributed by atoms with Crippen LogP contribution in [0.2, 0.25) is 0 Å². The Balaban J connectivity index is 1.24. The van der Waals surface area contributed by atoms with Gasteiger partial charge in [0.25, 0.3) is 0 Å². The number of phenolic OH excluding ortho intramolecular Hbond substituents is 1. The zero-order valence-corrected chi connectivity index (χ0v) is 18.1. The molecule has 8 nitrogen and oxygen atoms in total. The molecular weight excluding hydrogens is 406 g/mol. The predicted octanol–water partition coefficient (Wildman–Crippen LogP) is 4.22. The first-order valence-electron chi connectivity index (χ1n) is 11.5. The summed E-state index contributed by atoms with van der Waals surface area (Å²) in [7, 11) is 0. The van der Waals surface area contributed by atoms with E-state index < -0.39 is 6.09 Å². The number of amides is 1. The fourth-order valence-corrected chi connectivity index (χ4v) is 4.92. The number of carbonyl (C=O) groups is 1. The number of likely N-dealkylation sites (tertiary alicyclic amines) is 1. The minimum absolute atomic E-state index is 0.126. The van der Waals surface area contributed by atoms with Crippen molar-refractivity contribution >= 4 is 17.1 Å². The van der Waals surface area contributed by atoms with Crippen molar-refractivity contribution in [3.8, 4) is 22.8 Å². The van der Waals surface area contributed by atoms with E-state index in [1.165, 1.54) is 32.1 Å². The van der Waals surface area contributed by atoms with E-state index in [1.54, 1.807) is 36.5 Å². The Labute approximate surface area is 187 Å². The van der Waals surface area contributed by atoms with Crippen LogP contribution in [0.3, 0.4) is 0 Å². The first-order valence-corrected chi connectivity index (χ1v) is 11.5. The Bertz CT molecular complexity index is 1070. The summed E-state index contributed by atoms with van der Waals surface area (Å²) < 4.78 is 5.70. The highest BCUT2D eigenvalue weighted by Gasteiger charge is 2.27. The van der Waals surface area contributed by atoms with Crippen molar-refractivity contribution in [2.24, 2.45) is 0 Å². The van der Waals surface area contributed by atoms with Gasteiger partial charge >= 0.3 is 6.09 Å². The molecule has 32 heavy (non-hydrogen) atoms. The Hall–Kier alpha value is -3.13. The first-order chi connectivity index (χ1) is 15.7. The standard InChI is InChI=1S/C24H29N5O3/c30-19-8-6-16(7-9-19)21-14-22(20-15-25-28-23(20)27-21)32-24(31)26-17-10-12-29(13-11-17)18-4-2-1-3-5-18/h6-9,14-15,17-18,30H,1-5,10-13H2,(H,26,31)(H,25,27,28). The number of fused-ring (bicyclic) bond motifs is 1. The second-order valence-corrected chi connectivity index (χ2v) is 8.82. The van der Waals surface area contributed by atoms with E-state index in [9.17, 15) is 9.90 Å². The lowest BCUT2D eigenvalue weighted by atomic mass is 9.92. The van der Waals surface area contributed by atoms with Gasteiger partial charge in [-0.3, -0.25) is 5.10 Å². The maximum atomic E-state index is 12.7. The van der Waals surface area contributed by atoms with Gasteiger partial charge in [-0.15, -0.1) is 0 Å². The Kier molecular flexibility index (Phi) is 5.94. The lowest BCUT2D eigenvalue weighted by Gasteiger charge is -2.39. The van der Waals surface area contributed by atoms with E-state index >= 15 is 0 Å². The van der Waals surface area contributed by atoms with Crippen LogP contribution >= 0.6 is 0 Å². The van der Waals surface area contributed by atoms with E-state index in [1.807, 2.05) is 0 Å². The van der Waals surface area contributed by atoms with Crippen LogP contribution < -0.4 is 10.1 Å². The normalized spacial score (nSPS) is 18.6. The molecule has 2 aliphatic rings. The number of ether oxygens (including phenoxy) is 1. The smallest absolute Gasteiger partial charge is 0.412 e. The third kappa shape index (κ3) is 4.55. The lowest BCUT2D eigenvalue weighted by molar-refractivity contribution is 0.114. The number of carbonyl (C=O) groups excluding carboxylic acids is 1. The van der Waals surface area contributed by atoms with Crippen LogP contribution in [0, 0.1) is 0 Å². The van der Waals surface area contributed by atoms with Gasteiger partial charge in [-0.05, 0) is 49.9 Å². The highest BCUT2D eigenvalue weighted by molar-refractivity contribution is 5.87. The molecule has 3 heterocycles. The number of nitrogens with one attached hydrogen (secondary N) is 2. The Morgan fingerprint density at radius 2 is 1.84 bits per heavy atom. The van der Waals surface area contributed by atoms with Gasteiger partial charge in [-0.1, -0.05) is 19.3 Å². The van der Waals surface area contributed by atoms with Crippen LogP contribution in [0.4, 0.5) is 4.79 Å². The van der Waals surface area contributed by atoms with Crippen molar-refractivity contribution in [1.29, 1.82) is 0 Å². The number of hydrogen-bond acceptors (Lipinski definition) is 6. The van der Waals surface area contributed by atoms with Gasteiger partial charge < -0.3 is 20.1 Å². The Morgan fingerprint density at radius 3 is 2.59 bits per heavy atom. The van der Waals surface area contributed by atoms with Crippen LogP contribution in [-0.4, -0.2) is 56.5 Å². The number of hydrogen-bond donors (Lipinski definition) is 3. The quantitative estimate of drug-likeness (QED) is 0.567. The van der Waals surface area contributed by atoms with Crippen LogP contribution in [0.5, 0.6) is 11.5 Å². The molecule has 0 spiro atoms. The summed E-state index contributed by atoms with van der Waals surface area (Å²) in [5.41, 5.74) is 1.98. The highest BCUT2D eigenvalue weighted by atomic mass is 16.6. The number of aromatic hydroxyl groups is 1. The monoisotopic (exact) mass is 435 g/mol. The van der Waals surface area contributed by atoms with E-state index in [0.29, 0.717) is 22.5 Å². The van der Waals surface area contributed by atoms with E-state index in [2.05, 4.69) is 25.4 Å². The molecule has 0 atom stereocenters. The third-order valence-electron chi connectivity index (χ3n) is 6.69. The Morgan fingerprint density at radius 1 is 1.09 bits per heavy atom. The number of aromatic nitrogens is 3. The molecule has 0 radical (unpaired) electrons. The molecule has 1 saturated carbocycles. The van der Waals surface area contributed by atoms with Gasteiger partial charge in [0.1, 0.15) is 11.5 Å². The summed E-state index contributed by atoms with van der Waals surface area (Å²) in [5, 5.41) is 20.1. The van der Waals surface area contributed by atoms with Crippen molar-refractivity contribution in [1.82, 2.24) is 25.4 Å². The minimum atomic E-state index is -0.452. The molecule has 2 fully saturated rings. The lowest BCUT2D eigenvalue weighted by Crippen LogP contribution is -2.48. The maximum Gasteiger partial charge on any atom is 0.412 e. The summed E-state index contributed by atoms with van der Waals surface area (Å²) in [6, 6.07) is 9.31. The molecule has 3 N–H and O–H groups in total. The molecule has 1 amide bonds. The van der Waals surface area contributed by atoms with Crippen molar-refractivity contribution in [2.45, 2.75) is 57.0 Å². The van der Waals surface area contributed by atoms with Crippen molar-refractivity contribution in [3.63, 3.8) is 0 Å². The van der Waals surface area contributed by atoms with Gasteiger partial charge in [0.2, 0.25) is 0 Å². The molecular formula is C24H29N5O3. The summed E-state index contributed by atoms with van der Waals surface area (Å²) in [6.07, 6.45) is 9.72. The topological polar surface area (TPSA) is 103 Å². The van der Waals surface area contributed by atoms with Gasteiger partial charge in [0.15, 0.2) is 5.65 Å². The van der Waals surface area contributed by atoms with Crippen LogP contribution in [0.15, 0.2) is 36.5 Å². The van der Waals surface area contributed by atoms with Crippen LogP contribution in [0.25, 0.3) is 22.3 Å². The molecule has 3 aromatic rings. The molecule has 1 saturated heterocycles. The van der Waals surface area contributed by atoms with E-state index in [0.717, 1.165) is 37.5 Å². The summed E-state index contributed by atoms with van der Waals surface area (Å²) in [4.78, 5) is 19.8. The number of rotatable bonds is 4. The summed E-state index contributed by atoms with van der Waals surface area (Å²) in [5.74, 6) is 0.589. The van der Waals surface area contributed by atoms with E-state index in [-0.39, 0.29) is 11.8 Å². The van der Waals surface area contributed by atoms with Gasteiger partial charge in [-0.2, -0.15) is 5.10 Å². The average molecular weight is 436 g/mol. The van der Waals surface area contributed by atoms with Gasteiger partial charge in [0.05, 0.1) is 17.3 Å². The molecule has 168 valence electrons. The minimum Gasteiger partial charge on any atom is -0.508 e. The van der Waals surface area contributed by atoms with Gasteiger partial charge in [0, 0.05) is 36.8 Å². The largest absolute Gasteiger partial charge is 0.508 e. The number of piperidine rings is 1. The van der Waals surface area contributed by atoms with Crippen LogP contribution in [0.1, 0.15) is 44.9 Å². The number of aromatic amines is 1. The second kappa shape index (κ2) is 9.16. The number of H-pyrrole nitrogens is 1. The molecule has 8 heteroatoms. The van der Waals surface area contributed by atoms with Crippen molar-refractivity contribution in [2.75, 3.05) is 13.1 Å². The summed E-state index contributed by atoms with van der Waals surface area (Å²) >= 11 is 0. The SMILES string of the molecule is O=C(NC1CCN(C2CCCCC2)CC1)Oc1cc(-c2ccc(O)cc2)nc2[nH]ncc12. The summed E-state index contributed by atoms with van der Waals surface area (Å²) in [6.45, 7) is 2.06. The van der Waals surface area contributed by atoms with Crippen LogP contribution in [-0.2, 0) is 0 Å². The predicted molar refractivity (Wildman–Crippen MR) is 122 cm³/mol. The number of nitrogens with zero attached hydrogens (tertiary/aromatic N) is 3. The fraction of sp³-hybridized carbons (Fsp3) is 0.458. The van der Waals surface area contributed by atoms with Crippen molar-refractivity contribution < 1.29 is 14.6 Å².